The summed E-state index contributed by atoms with van der Waals surface area (Å²) in [4.78, 5) is 17.1. The molecule has 1 amide bonds. The van der Waals surface area contributed by atoms with Crippen molar-refractivity contribution in [3.63, 3.8) is 0 Å². The Morgan fingerprint density at radius 1 is 1.10 bits per heavy atom. The van der Waals surface area contributed by atoms with E-state index >= 15 is 0 Å². The molecule has 5 nitrogen and oxygen atoms in total. The second kappa shape index (κ2) is 8.07. The first-order valence-corrected chi connectivity index (χ1v) is 10.5. The Labute approximate surface area is 176 Å². The largest absolute Gasteiger partial charge is 0.382 e. The van der Waals surface area contributed by atoms with Crippen molar-refractivity contribution in [2.24, 2.45) is 7.05 Å². The van der Waals surface area contributed by atoms with Gasteiger partial charge in [0.15, 0.2) is 0 Å². The number of amides is 1. The van der Waals surface area contributed by atoms with Gasteiger partial charge in [-0.25, -0.2) is 0 Å². The number of carbonyl (C=O) groups is 1. The number of hydrogen-bond donors (Lipinski definition) is 2. The van der Waals surface area contributed by atoms with Crippen LogP contribution in [0.3, 0.4) is 0 Å². The van der Waals surface area contributed by atoms with E-state index in [4.69, 9.17) is 11.6 Å². The van der Waals surface area contributed by atoms with Crippen LogP contribution in [0.5, 0.6) is 0 Å². The maximum absolute atomic E-state index is 12.7. The average molecular weight is 411 g/mol. The third kappa shape index (κ3) is 4.10. The van der Waals surface area contributed by atoms with Crippen molar-refractivity contribution in [2.45, 2.75) is 51.6 Å². The number of benzene rings is 1. The van der Waals surface area contributed by atoms with Gasteiger partial charge in [-0.3, -0.25) is 9.78 Å². The van der Waals surface area contributed by atoms with Gasteiger partial charge >= 0.3 is 0 Å². The number of pyridine rings is 1. The molecule has 0 spiro atoms. The lowest BCUT2D eigenvalue weighted by Crippen LogP contribution is -2.40. The van der Waals surface area contributed by atoms with Gasteiger partial charge in [0.1, 0.15) is 0 Å². The standard InChI is InChI=1S/C23H27ClN4O/c1-14-12-20(15(2)28(14)3)23(29)27-18-7-5-17(6-8-18)26-21-10-11-25-22-13-16(24)4-9-19(21)22/h4,9-13,17-18H,5-8H2,1-3H3,(H,25,26)(H,27,29)/t17-,18+. The van der Waals surface area contributed by atoms with E-state index < -0.39 is 0 Å². The normalized spacial score (nSPS) is 19.3. The summed E-state index contributed by atoms with van der Waals surface area (Å²) in [5.41, 5.74) is 4.89. The van der Waals surface area contributed by atoms with E-state index in [0.29, 0.717) is 11.1 Å². The third-order valence-corrected chi connectivity index (χ3v) is 6.38. The molecule has 29 heavy (non-hydrogen) atoms. The molecule has 1 aliphatic rings. The Morgan fingerprint density at radius 3 is 2.52 bits per heavy atom. The molecule has 2 N–H and O–H groups in total. The molecule has 0 aliphatic heterocycles. The number of halogens is 1. The molecule has 6 heteroatoms. The molecule has 0 unspecified atom stereocenters. The molecule has 1 aliphatic carbocycles. The summed E-state index contributed by atoms with van der Waals surface area (Å²) < 4.78 is 2.06. The Kier molecular flexibility index (Phi) is 5.50. The molecular formula is C23H27ClN4O. The number of nitrogens with one attached hydrogen (secondary N) is 2. The molecule has 0 saturated heterocycles. The molecule has 2 heterocycles. The molecular weight excluding hydrogens is 384 g/mol. The fourth-order valence-electron chi connectivity index (χ4n) is 4.20. The minimum Gasteiger partial charge on any atom is -0.382 e. The molecule has 2 aromatic heterocycles. The van der Waals surface area contributed by atoms with Crippen molar-refractivity contribution in [3.05, 3.63) is 58.5 Å². The fourth-order valence-corrected chi connectivity index (χ4v) is 4.36. The lowest BCUT2D eigenvalue weighted by molar-refractivity contribution is 0.0926. The summed E-state index contributed by atoms with van der Waals surface area (Å²) in [5, 5.41) is 8.68. The van der Waals surface area contributed by atoms with Crippen molar-refractivity contribution in [2.75, 3.05) is 5.32 Å². The van der Waals surface area contributed by atoms with Crippen LogP contribution in [0.25, 0.3) is 10.9 Å². The third-order valence-electron chi connectivity index (χ3n) is 6.15. The van der Waals surface area contributed by atoms with Gasteiger partial charge in [-0.2, -0.15) is 0 Å². The Morgan fingerprint density at radius 2 is 1.83 bits per heavy atom. The van der Waals surface area contributed by atoms with Gasteiger partial charge in [0, 0.05) is 52.8 Å². The first-order valence-electron chi connectivity index (χ1n) is 10.2. The summed E-state index contributed by atoms with van der Waals surface area (Å²) in [6.07, 6.45) is 5.81. The van der Waals surface area contributed by atoms with Crippen LogP contribution in [0, 0.1) is 13.8 Å². The summed E-state index contributed by atoms with van der Waals surface area (Å²) in [5.74, 6) is 0.0413. The van der Waals surface area contributed by atoms with Crippen LogP contribution in [0.2, 0.25) is 5.02 Å². The van der Waals surface area contributed by atoms with E-state index in [1.54, 1.807) is 0 Å². The van der Waals surface area contributed by atoms with Crippen molar-refractivity contribution in [1.29, 1.82) is 0 Å². The van der Waals surface area contributed by atoms with Crippen molar-refractivity contribution in [3.8, 4) is 0 Å². The van der Waals surface area contributed by atoms with Crippen molar-refractivity contribution >= 4 is 34.1 Å². The SMILES string of the molecule is Cc1cc(C(=O)N[C@H]2CC[C@@H](Nc3ccnc4cc(Cl)ccc34)CC2)c(C)n1C. The number of aromatic nitrogens is 2. The number of anilines is 1. The van der Waals surface area contributed by atoms with Crippen LogP contribution in [-0.4, -0.2) is 27.5 Å². The number of carbonyl (C=O) groups excluding carboxylic acids is 1. The van der Waals surface area contributed by atoms with Crippen LogP contribution in [0.4, 0.5) is 5.69 Å². The zero-order valence-corrected chi connectivity index (χ0v) is 17.9. The van der Waals surface area contributed by atoms with E-state index in [1.165, 1.54) is 0 Å². The highest BCUT2D eigenvalue weighted by molar-refractivity contribution is 6.31. The topological polar surface area (TPSA) is 59.0 Å². The van der Waals surface area contributed by atoms with Gasteiger partial charge < -0.3 is 15.2 Å². The zero-order valence-electron chi connectivity index (χ0n) is 17.1. The molecule has 1 saturated carbocycles. The summed E-state index contributed by atoms with van der Waals surface area (Å²) >= 11 is 6.09. The summed E-state index contributed by atoms with van der Waals surface area (Å²) in [6, 6.07) is 10.4. The molecule has 4 rings (SSSR count). The van der Waals surface area contributed by atoms with Crippen LogP contribution >= 0.6 is 11.6 Å². The lowest BCUT2D eigenvalue weighted by Gasteiger charge is -2.30. The van der Waals surface area contributed by atoms with Crippen LogP contribution < -0.4 is 10.6 Å². The lowest BCUT2D eigenvalue weighted by atomic mass is 9.90. The minimum atomic E-state index is 0.0413. The Hall–Kier alpha value is -2.53. The van der Waals surface area contributed by atoms with Crippen molar-refractivity contribution in [1.82, 2.24) is 14.9 Å². The first-order chi connectivity index (χ1) is 13.9. The number of hydrogen-bond acceptors (Lipinski definition) is 3. The molecule has 152 valence electrons. The molecule has 1 aromatic carbocycles. The van der Waals surface area contributed by atoms with Gasteiger partial charge in [-0.1, -0.05) is 11.6 Å². The average Bonchev–Trinajstić information content (AvgIpc) is 2.97. The predicted octanol–water partition coefficient (Wildman–Crippen LogP) is 5.00. The van der Waals surface area contributed by atoms with E-state index in [1.807, 2.05) is 57.4 Å². The van der Waals surface area contributed by atoms with E-state index in [0.717, 1.165) is 59.2 Å². The van der Waals surface area contributed by atoms with Gasteiger partial charge in [-0.15, -0.1) is 0 Å². The molecule has 1 fully saturated rings. The van der Waals surface area contributed by atoms with E-state index in [2.05, 4.69) is 20.2 Å². The highest BCUT2D eigenvalue weighted by atomic mass is 35.5. The maximum atomic E-state index is 12.7. The second-order valence-corrected chi connectivity index (χ2v) is 8.47. The molecule has 0 radical (unpaired) electrons. The fraction of sp³-hybridized carbons (Fsp3) is 0.391. The monoisotopic (exact) mass is 410 g/mol. The quantitative estimate of drug-likeness (QED) is 0.636. The predicted molar refractivity (Wildman–Crippen MR) is 119 cm³/mol. The maximum Gasteiger partial charge on any atom is 0.253 e. The van der Waals surface area contributed by atoms with Gasteiger partial charge in [0.2, 0.25) is 0 Å². The van der Waals surface area contributed by atoms with Crippen molar-refractivity contribution < 1.29 is 4.79 Å². The van der Waals surface area contributed by atoms with E-state index in [9.17, 15) is 4.79 Å². The molecule has 0 atom stereocenters. The molecule has 3 aromatic rings. The Balaban J connectivity index is 1.36. The summed E-state index contributed by atoms with van der Waals surface area (Å²) in [7, 11) is 2.00. The second-order valence-electron chi connectivity index (χ2n) is 8.03. The van der Waals surface area contributed by atoms with Gasteiger partial charge in [0.25, 0.3) is 5.91 Å². The first kappa shape index (κ1) is 19.8. The van der Waals surface area contributed by atoms with Crippen LogP contribution in [0.1, 0.15) is 47.4 Å². The smallest absolute Gasteiger partial charge is 0.253 e. The minimum absolute atomic E-state index is 0.0413. The number of nitrogens with zero attached hydrogens (tertiary/aromatic N) is 2. The van der Waals surface area contributed by atoms with Gasteiger partial charge in [-0.05, 0) is 69.9 Å². The number of aryl methyl sites for hydroxylation is 1. The summed E-state index contributed by atoms with van der Waals surface area (Å²) in [6.45, 7) is 4.02. The highest BCUT2D eigenvalue weighted by Crippen LogP contribution is 2.28. The molecule has 0 bridgehead atoms. The van der Waals surface area contributed by atoms with Crippen LogP contribution in [0.15, 0.2) is 36.5 Å². The van der Waals surface area contributed by atoms with Crippen LogP contribution in [-0.2, 0) is 7.05 Å². The number of rotatable bonds is 4. The number of fused-ring (bicyclic) bond motifs is 1. The van der Waals surface area contributed by atoms with Gasteiger partial charge in [0.05, 0.1) is 11.1 Å². The highest BCUT2D eigenvalue weighted by Gasteiger charge is 2.24. The Bertz CT molecular complexity index is 1050. The van der Waals surface area contributed by atoms with E-state index in [-0.39, 0.29) is 11.9 Å². The zero-order chi connectivity index (χ0) is 20.5.